The summed E-state index contributed by atoms with van der Waals surface area (Å²) in [4.78, 5) is 23.8. The van der Waals surface area contributed by atoms with E-state index in [2.05, 4.69) is 9.46 Å². The lowest BCUT2D eigenvalue weighted by molar-refractivity contribution is 0.143. The molecule has 0 aliphatic rings. The number of carboxylic acid groups (broad SMARTS) is 1. The number of benzene rings is 2. The second-order valence-corrected chi connectivity index (χ2v) is 8.31. The summed E-state index contributed by atoms with van der Waals surface area (Å²) in [7, 11) is -2.33. The number of carbonyl (C=O) groups is 1. The Balaban J connectivity index is 2.13. The van der Waals surface area contributed by atoms with Crippen molar-refractivity contribution in [3.8, 4) is 5.75 Å². The molecule has 0 unspecified atom stereocenters. The molecule has 0 atom stereocenters. The first kappa shape index (κ1) is 21.5. The molecule has 0 radical (unpaired) electrons. The molecule has 3 rings (SSSR count). The molecule has 9 nitrogen and oxygen atoms in total. The summed E-state index contributed by atoms with van der Waals surface area (Å²) < 4.78 is 33.0. The van der Waals surface area contributed by atoms with Crippen LogP contribution in [0.15, 0.2) is 58.4 Å². The summed E-state index contributed by atoms with van der Waals surface area (Å²) in [6.45, 7) is -0.0865. The van der Waals surface area contributed by atoms with Crippen molar-refractivity contribution in [3.63, 3.8) is 0 Å². The summed E-state index contributed by atoms with van der Waals surface area (Å²) in [6.07, 6.45) is -0.149. The molecule has 158 valence electrons. The van der Waals surface area contributed by atoms with Gasteiger partial charge in [0.15, 0.2) is 5.75 Å². The molecule has 3 N–H and O–H groups in total. The third kappa shape index (κ3) is 4.35. The predicted molar refractivity (Wildman–Crippen MR) is 109 cm³/mol. The first-order valence-corrected chi connectivity index (χ1v) is 10.4. The highest BCUT2D eigenvalue weighted by molar-refractivity contribution is 7.89. The van der Waals surface area contributed by atoms with Crippen LogP contribution in [-0.4, -0.2) is 43.0 Å². The number of ether oxygens (including phenoxy) is 1. The fourth-order valence-corrected chi connectivity index (χ4v) is 4.19. The molecular formula is C20H20N2O7S. The van der Waals surface area contributed by atoms with Gasteiger partial charge in [0.1, 0.15) is 0 Å². The molecule has 0 aliphatic carbocycles. The molecule has 3 aromatic rings. The van der Waals surface area contributed by atoms with E-state index in [1.54, 1.807) is 36.4 Å². The molecule has 0 bridgehead atoms. The third-order valence-corrected chi connectivity index (χ3v) is 6.09. The van der Waals surface area contributed by atoms with Crippen LogP contribution in [0.2, 0.25) is 0 Å². The van der Waals surface area contributed by atoms with Gasteiger partial charge >= 0.3 is 6.16 Å². The number of rotatable bonds is 7. The fourth-order valence-electron chi connectivity index (χ4n) is 3.23. The highest BCUT2D eigenvalue weighted by Crippen LogP contribution is 2.22. The molecule has 10 heteroatoms. The van der Waals surface area contributed by atoms with Crippen LogP contribution in [0.4, 0.5) is 4.79 Å². The number of nitrogens with zero attached hydrogens (tertiary/aromatic N) is 1. The van der Waals surface area contributed by atoms with E-state index in [1.165, 1.54) is 23.9 Å². The van der Waals surface area contributed by atoms with Gasteiger partial charge in [0, 0.05) is 11.9 Å². The smallest absolute Gasteiger partial charge is 0.449 e. The van der Waals surface area contributed by atoms with E-state index in [-0.39, 0.29) is 35.6 Å². The molecule has 0 spiro atoms. The van der Waals surface area contributed by atoms with Crippen LogP contribution in [0.25, 0.3) is 10.9 Å². The highest BCUT2D eigenvalue weighted by atomic mass is 32.2. The molecule has 2 aromatic carbocycles. The van der Waals surface area contributed by atoms with E-state index in [9.17, 15) is 23.1 Å². The average Bonchev–Trinajstić information content (AvgIpc) is 2.71. The quantitative estimate of drug-likeness (QED) is 0.482. The van der Waals surface area contributed by atoms with Gasteiger partial charge in [-0.25, -0.2) is 17.9 Å². The van der Waals surface area contributed by atoms with Gasteiger partial charge in [0.25, 0.3) is 0 Å². The monoisotopic (exact) mass is 432 g/mol. The van der Waals surface area contributed by atoms with Crippen molar-refractivity contribution >= 4 is 27.1 Å². The summed E-state index contributed by atoms with van der Waals surface area (Å²) in [5.74, 6) is -0.376. The Bertz CT molecular complexity index is 1270. The lowest BCUT2D eigenvalue weighted by Gasteiger charge is -2.14. The van der Waals surface area contributed by atoms with E-state index < -0.39 is 21.6 Å². The second kappa shape index (κ2) is 8.66. The number of aliphatic hydroxyl groups is 1. The van der Waals surface area contributed by atoms with Crippen molar-refractivity contribution in [1.82, 2.24) is 9.29 Å². The average molecular weight is 432 g/mol. The van der Waals surface area contributed by atoms with E-state index in [0.29, 0.717) is 16.6 Å². The Morgan fingerprint density at radius 1 is 1.20 bits per heavy atom. The molecule has 0 saturated carbocycles. The fraction of sp³-hybridized carbons (Fsp3) is 0.200. The number of aliphatic hydroxyl groups excluding tert-OH is 1. The first-order valence-electron chi connectivity index (χ1n) is 8.96. The maximum Gasteiger partial charge on any atom is 0.511 e. The van der Waals surface area contributed by atoms with Crippen molar-refractivity contribution in [3.05, 3.63) is 70.0 Å². The number of sulfonamides is 1. The van der Waals surface area contributed by atoms with Crippen LogP contribution in [0.5, 0.6) is 5.75 Å². The van der Waals surface area contributed by atoms with E-state index >= 15 is 0 Å². The third-order valence-electron chi connectivity index (χ3n) is 4.58. The van der Waals surface area contributed by atoms with Gasteiger partial charge in [-0.15, -0.1) is 0 Å². The van der Waals surface area contributed by atoms with Gasteiger partial charge in [-0.2, -0.15) is 0 Å². The minimum atomic E-state index is -3.66. The lowest BCUT2D eigenvalue weighted by Crippen LogP contribution is -2.20. The zero-order valence-corrected chi connectivity index (χ0v) is 16.8. The molecule has 1 aromatic heterocycles. The normalized spacial score (nSPS) is 11.5. The Labute approximate surface area is 172 Å². The zero-order valence-electron chi connectivity index (χ0n) is 16.0. The van der Waals surface area contributed by atoms with Crippen LogP contribution in [0, 0.1) is 0 Å². The van der Waals surface area contributed by atoms with Gasteiger partial charge in [0.2, 0.25) is 15.5 Å². The van der Waals surface area contributed by atoms with Gasteiger partial charge in [-0.1, -0.05) is 24.3 Å². The Hall–Kier alpha value is -3.21. The Kier molecular flexibility index (Phi) is 6.20. The number of nitrogens with one attached hydrogen (secondary N) is 1. The van der Waals surface area contributed by atoms with Gasteiger partial charge in [-0.3, -0.25) is 4.79 Å². The molecule has 0 fully saturated rings. The minimum Gasteiger partial charge on any atom is -0.449 e. The molecule has 0 saturated heterocycles. The maximum absolute atomic E-state index is 12.7. The topological polar surface area (TPSA) is 135 Å². The number of fused-ring (bicyclic) bond motifs is 1. The maximum atomic E-state index is 12.7. The van der Waals surface area contributed by atoms with Crippen LogP contribution in [-0.2, 0) is 23.0 Å². The summed E-state index contributed by atoms with van der Waals surface area (Å²) in [5, 5.41) is 18.4. The first-order chi connectivity index (χ1) is 14.3. The Morgan fingerprint density at radius 2 is 1.93 bits per heavy atom. The molecular weight excluding hydrogens is 412 g/mol. The van der Waals surface area contributed by atoms with Gasteiger partial charge in [0.05, 0.1) is 23.2 Å². The van der Waals surface area contributed by atoms with E-state index in [0.717, 1.165) is 0 Å². The molecule has 30 heavy (non-hydrogen) atoms. The van der Waals surface area contributed by atoms with E-state index in [4.69, 9.17) is 5.11 Å². The SMILES string of the molecule is CNS(=O)(=O)c1ccccc1Cc1ccc2c(c1)c(=O)c(OC(=O)O)cn2CCO. The van der Waals surface area contributed by atoms with Crippen molar-refractivity contribution < 1.29 is 28.2 Å². The molecule has 0 aliphatic heterocycles. The number of pyridine rings is 1. The molecule has 1 heterocycles. The van der Waals surface area contributed by atoms with Crippen LogP contribution in [0.1, 0.15) is 11.1 Å². The Morgan fingerprint density at radius 3 is 2.60 bits per heavy atom. The lowest BCUT2D eigenvalue weighted by atomic mass is 10.0. The second-order valence-electron chi connectivity index (χ2n) is 6.45. The van der Waals surface area contributed by atoms with Crippen LogP contribution in [0.3, 0.4) is 0 Å². The molecule has 0 amide bonds. The largest absolute Gasteiger partial charge is 0.511 e. The minimum absolute atomic E-state index is 0.133. The zero-order chi connectivity index (χ0) is 21.9. The summed E-state index contributed by atoms with van der Waals surface area (Å²) in [6, 6.07) is 11.5. The van der Waals surface area contributed by atoms with Crippen molar-refractivity contribution in [1.29, 1.82) is 0 Å². The van der Waals surface area contributed by atoms with Crippen molar-refractivity contribution in [2.75, 3.05) is 13.7 Å². The summed E-state index contributed by atoms with van der Waals surface area (Å²) in [5.41, 5.74) is 1.08. The van der Waals surface area contributed by atoms with Crippen LogP contribution < -0.4 is 14.9 Å². The van der Waals surface area contributed by atoms with Crippen molar-refractivity contribution in [2.45, 2.75) is 17.9 Å². The van der Waals surface area contributed by atoms with Gasteiger partial charge in [-0.05, 0) is 42.8 Å². The number of hydrogen-bond donors (Lipinski definition) is 3. The highest BCUT2D eigenvalue weighted by Gasteiger charge is 2.17. The van der Waals surface area contributed by atoms with Crippen molar-refractivity contribution in [2.24, 2.45) is 0 Å². The van der Waals surface area contributed by atoms with Gasteiger partial charge < -0.3 is 19.5 Å². The standard InChI is InChI=1S/C20H20N2O7S/c1-21-30(27,28)18-5-3-2-4-14(18)10-13-6-7-16-15(11-13)19(24)17(29-20(25)26)12-22(16)8-9-23/h2-7,11-12,21,23H,8-10H2,1H3,(H,25,26). The number of hydrogen-bond acceptors (Lipinski definition) is 6. The summed E-state index contributed by atoms with van der Waals surface area (Å²) >= 11 is 0. The van der Waals surface area contributed by atoms with E-state index in [1.807, 2.05) is 0 Å². The predicted octanol–water partition coefficient (Wildman–Crippen LogP) is 1.55. The van der Waals surface area contributed by atoms with Crippen LogP contribution >= 0.6 is 0 Å². The number of aromatic nitrogens is 1.